The van der Waals surface area contributed by atoms with Gasteiger partial charge in [-0.3, -0.25) is 9.58 Å². The van der Waals surface area contributed by atoms with E-state index in [2.05, 4.69) is 65.4 Å². The molecule has 0 aromatic carbocycles. The first-order chi connectivity index (χ1) is 9.97. The van der Waals surface area contributed by atoms with Crippen molar-refractivity contribution in [3.05, 3.63) is 15.9 Å². The first kappa shape index (κ1) is 17.0. The van der Waals surface area contributed by atoms with Crippen molar-refractivity contribution < 1.29 is 0 Å². The van der Waals surface area contributed by atoms with Crippen LogP contribution < -0.4 is 5.32 Å². The average molecular weight is 357 g/mol. The summed E-state index contributed by atoms with van der Waals surface area (Å²) in [6.45, 7) is 15.3. The fourth-order valence-electron chi connectivity index (χ4n) is 3.20. The van der Waals surface area contributed by atoms with Crippen LogP contribution in [-0.4, -0.2) is 39.9 Å². The molecule has 1 saturated heterocycles. The van der Waals surface area contributed by atoms with E-state index in [1.807, 2.05) is 0 Å². The maximum absolute atomic E-state index is 4.73. The van der Waals surface area contributed by atoms with Gasteiger partial charge in [0.25, 0.3) is 0 Å². The molecule has 4 nitrogen and oxygen atoms in total. The lowest BCUT2D eigenvalue weighted by Gasteiger charge is -2.41. The van der Waals surface area contributed by atoms with Gasteiger partial charge in [-0.25, -0.2) is 0 Å². The topological polar surface area (TPSA) is 33.1 Å². The van der Waals surface area contributed by atoms with Gasteiger partial charge in [-0.15, -0.1) is 0 Å². The maximum Gasteiger partial charge on any atom is 0.0767 e. The van der Waals surface area contributed by atoms with Crippen molar-refractivity contribution in [1.29, 1.82) is 0 Å². The van der Waals surface area contributed by atoms with Crippen LogP contribution >= 0.6 is 15.9 Å². The fourth-order valence-corrected chi connectivity index (χ4v) is 3.89. The van der Waals surface area contributed by atoms with Gasteiger partial charge in [0.15, 0.2) is 0 Å². The normalized spacial score (nSPS) is 24.0. The summed E-state index contributed by atoms with van der Waals surface area (Å²) < 4.78 is 3.37. The molecule has 0 aliphatic carbocycles. The highest BCUT2D eigenvalue weighted by Gasteiger charge is 2.29. The Bertz CT molecular complexity index is 469. The van der Waals surface area contributed by atoms with Gasteiger partial charge < -0.3 is 5.32 Å². The van der Waals surface area contributed by atoms with E-state index in [9.17, 15) is 0 Å². The van der Waals surface area contributed by atoms with Crippen LogP contribution in [0, 0.1) is 5.92 Å². The van der Waals surface area contributed by atoms with E-state index in [1.54, 1.807) is 0 Å². The quantitative estimate of drug-likeness (QED) is 0.879. The molecule has 1 aliphatic rings. The molecule has 2 unspecified atom stereocenters. The summed E-state index contributed by atoms with van der Waals surface area (Å²) in [5, 5.41) is 8.34. The number of hydrogen-bond donors (Lipinski definition) is 1. The number of rotatable bonds is 5. The lowest BCUT2D eigenvalue weighted by molar-refractivity contribution is 0.0925. The van der Waals surface area contributed by atoms with E-state index in [0.29, 0.717) is 18.0 Å². The third kappa shape index (κ3) is 3.69. The highest BCUT2D eigenvalue weighted by atomic mass is 79.9. The van der Waals surface area contributed by atoms with Gasteiger partial charge in [-0.1, -0.05) is 20.8 Å². The van der Waals surface area contributed by atoms with Crippen LogP contribution in [0.25, 0.3) is 0 Å². The molecule has 2 heterocycles. The van der Waals surface area contributed by atoms with Gasteiger partial charge in [0.05, 0.1) is 15.9 Å². The van der Waals surface area contributed by atoms with Crippen LogP contribution in [0.2, 0.25) is 0 Å². The van der Waals surface area contributed by atoms with E-state index >= 15 is 0 Å². The largest absolute Gasteiger partial charge is 0.311 e. The summed E-state index contributed by atoms with van der Waals surface area (Å²) in [7, 11) is 0. The molecule has 2 atom stereocenters. The molecule has 0 bridgehead atoms. The smallest absolute Gasteiger partial charge is 0.0767 e. The Labute approximate surface area is 137 Å². The van der Waals surface area contributed by atoms with Crippen molar-refractivity contribution in [2.24, 2.45) is 5.92 Å². The summed E-state index contributed by atoms with van der Waals surface area (Å²) in [6.07, 6.45) is 0.978. The third-order valence-corrected chi connectivity index (χ3v) is 5.38. The monoisotopic (exact) mass is 356 g/mol. The molecule has 1 fully saturated rings. The Balaban J connectivity index is 2.24. The van der Waals surface area contributed by atoms with E-state index < -0.39 is 0 Å². The standard InChI is InChI=1S/C16H29BrN4/c1-6-13-16(17)15(21(7-2)19-13)10-20-9-12(5)18-8-14(20)11(3)4/h11-12,14,18H,6-10H2,1-5H3. The van der Waals surface area contributed by atoms with Gasteiger partial charge in [0, 0.05) is 38.3 Å². The zero-order chi connectivity index (χ0) is 15.6. The van der Waals surface area contributed by atoms with Crippen molar-refractivity contribution in [2.45, 2.75) is 66.2 Å². The van der Waals surface area contributed by atoms with E-state index in [4.69, 9.17) is 5.10 Å². The molecule has 0 saturated carbocycles. The lowest BCUT2D eigenvalue weighted by atomic mass is 9.98. The molecule has 120 valence electrons. The van der Waals surface area contributed by atoms with Crippen molar-refractivity contribution in [2.75, 3.05) is 13.1 Å². The zero-order valence-electron chi connectivity index (χ0n) is 14.0. The molecule has 1 N–H and O–H groups in total. The highest BCUT2D eigenvalue weighted by molar-refractivity contribution is 9.10. The van der Waals surface area contributed by atoms with Gasteiger partial charge in [-0.2, -0.15) is 5.10 Å². The molecule has 0 amide bonds. The number of nitrogens with zero attached hydrogens (tertiary/aromatic N) is 3. The van der Waals surface area contributed by atoms with Gasteiger partial charge in [0.1, 0.15) is 0 Å². The minimum atomic E-state index is 0.558. The number of aromatic nitrogens is 2. The number of nitrogens with one attached hydrogen (secondary N) is 1. The number of aryl methyl sites for hydroxylation is 2. The second-order valence-electron chi connectivity index (χ2n) is 6.43. The van der Waals surface area contributed by atoms with Crippen LogP contribution in [0.15, 0.2) is 4.47 Å². The first-order valence-electron chi connectivity index (χ1n) is 8.19. The fraction of sp³-hybridized carbons (Fsp3) is 0.812. The molecule has 21 heavy (non-hydrogen) atoms. The molecule has 0 radical (unpaired) electrons. The van der Waals surface area contributed by atoms with Crippen LogP contribution in [-0.2, 0) is 19.5 Å². The molecule has 1 aliphatic heterocycles. The number of halogens is 1. The van der Waals surface area contributed by atoms with Gasteiger partial charge in [-0.05, 0) is 42.1 Å². The van der Waals surface area contributed by atoms with Gasteiger partial charge in [0.2, 0.25) is 0 Å². The van der Waals surface area contributed by atoms with Crippen LogP contribution in [0.1, 0.15) is 46.0 Å². The molecule has 0 spiro atoms. The molecule has 1 aromatic rings. The summed E-state index contributed by atoms with van der Waals surface area (Å²) in [4.78, 5) is 2.62. The van der Waals surface area contributed by atoms with Crippen molar-refractivity contribution >= 4 is 15.9 Å². The molecule has 5 heteroatoms. The van der Waals surface area contributed by atoms with Crippen molar-refractivity contribution in [3.8, 4) is 0 Å². The average Bonchev–Trinajstić information content (AvgIpc) is 2.75. The number of piperazine rings is 1. The second-order valence-corrected chi connectivity index (χ2v) is 7.22. The van der Waals surface area contributed by atoms with Crippen LogP contribution in [0.4, 0.5) is 0 Å². The van der Waals surface area contributed by atoms with Crippen LogP contribution in [0.5, 0.6) is 0 Å². The Kier molecular flexibility index (Phi) is 5.86. The highest BCUT2D eigenvalue weighted by Crippen LogP contribution is 2.26. The predicted molar refractivity (Wildman–Crippen MR) is 91.5 cm³/mol. The molecular weight excluding hydrogens is 328 g/mol. The Morgan fingerprint density at radius 3 is 2.67 bits per heavy atom. The molecule has 1 aromatic heterocycles. The maximum atomic E-state index is 4.73. The number of hydrogen-bond acceptors (Lipinski definition) is 3. The van der Waals surface area contributed by atoms with E-state index in [-0.39, 0.29) is 0 Å². The van der Waals surface area contributed by atoms with Crippen LogP contribution in [0.3, 0.4) is 0 Å². The summed E-state index contributed by atoms with van der Waals surface area (Å²) in [5.74, 6) is 0.660. The Morgan fingerprint density at radius 1 is 1.38 bits per heavy atom. The summed E-state index contributed by atoms with van der Waals surface area (Å²) >= 11 is 3.78. The van der Waals surface area contributed by atoms with Crippen molar-refractivity contribution in [1.82, 2.24) is 20.0 Å². The second kappa shape index (κ2) is 7.25. The molecule has 2 rings (SSSR count). The Morgan fingerprint density at radius 2 is 2.10 bits per heavy atom. The van der Waals surface area contributed by atoms with Crippen molar-refractivity contribution in [3.63, 3.8) is 0 Å². The first-order valence-corrected chi connectivity index (χ1v) is 8.98. The lowest BCUT2D eigenvalue weighted by Crippen LogP contribution is -2.56. The van der Waals surface area contributed by atoms with Gasteiger partial charge >= 0.3 is 0 Å². The Hall–Kier alpha value is -0.390. The minimum Gasteiger partial charge on any atom is -0.311 e. The SMILES string of the molecule is CCc1nn(CC)c(CN2CC(C)NCC2C(C)C)c1Br. The predicted octanol–water partition coefficient (Wildman–Crippen LogP) is 3.05. The zero-order valence-corrected chi connectivity index (χ0v) is 15.6. The summed E-state index contributed by atoms with van der Waals surface area (Å²) in [6, 6.07) is 1.15. The summed E-state index contributed by atoms with van der Waals surface area (Å²) in [5.41, 5.74) is 2.50. The minimum absolute atomic E-state index is 0.558. The van der Waals surface area contributed by atoms with E-state index in [1.165, 1.54) is 15.9 Å². The third-order valence-electron chi connectivity index (χ3n) is 4.47. The molecular formula is C16H29BrN4. The van der Waals surface area contributed by atoms with E-state index in [0.717, 1.165) is 32.6 Å².